The Kier molecular flexibility index (Phi) is 3.00. The Hall–Kier alpha value is -2.10. The summed E-state index contributed by atoms with van der Waals surface area (Å²) in [7, 11) is 0. The van der Waals surface area contributed by atoms with Gasteiger partial charge in [-0.1, -0.05) is 45.9 Å². The summed E-state index contributed by atoms with van der Waals surface area (Å²) < 4.78 is 1.65. The molecule has 0 atom stereocenters. The number of para-hydroxylation sites is 1. The Bertz CT molecular complexity index is 769. The minimum absolute atomic E-state index is 0.0240. The van der Waals surface area contributed by atoms with Crippen molar-refractivity contribution in [2.24, 2.45) is 16.7 Å². The van der Waals surface area contributed by atoms with Gasteiger partial charge in [-0.3, -0.25) is 9.59 Å². The Morgan fingerprint density at radius 3 is 2.27 bits per heavy atom. The number of carboxylic acid groups (broad SMARTS) is 1. The van der Waals surface area contributed by atoms with Crippen LogP contribution >= 0.6 is 0 Å². The number of fused-ring (bicyclic) bond motifs is 1. The molecule has 0 radical (unpaired) electrons. The van der Waals surface area contributed by atoms with E-state index in [1.54, 1.807) is 10.8 Å². The summed E-state index contributed by atoms with van der Waals surface area (Å²) >= 11 is 0. The van der Waals surface area contributed by atoms with E-state index >= 15 is 0 Å². The van der Waals surface area contributed by atoms with E-state index in [0.29, 0.717) is 5.56 Å². The highest BCUT2D eigenvalue weighted by molar-refractivity contribution is 6.11. The highest BCUT2D eigenvalue weighted by atomic mass is 16.4. The van der Waals surface area contributed by atoms with Gasteiger partial charge in [-0.15, -0.1) is 0 Å². The summed E-state index contributed by atoms with van der Waals surface area (Å²) in [6, 6.07) is 7.49. The minimum Gasteiger partial charge on any atom is -0.480 e. The maximum atomic E-state index is 13.0. The lowest BCUT2D eigenvalue weighted by Gasteiger charge is -2.03. The highest BCUT2D eigenvalue weighted by Gasteiger charge is 2.68. The second-order valence-electron chi connectivity index (χ2n) is 7.32. The maximum Gasteiger partial charge on any atom is 0.323 e. The molecule has 3 rings (SSSR count). The summed E-state index contributed by atoms with van der Waals surface area (Å²) in [6.45, 7) is 8.33. The van der Waals surface area contributed by atoms with Crippen LogP contribution in [0.1, 0.15) is 38.1 Å². The zero-order chi connectivity index (χ0) is 16.3. The van der Waals surface area contributed by atoms with Gasteiger partial charge in [0.15, 0.2) is 5.78 Å². The molecular weight excluding hydrogens is 278 g/mol. The minimum atomic E-state index is -0.910. The van der Waals surface area contributed by atoms with E-state index in [2.05, 4.69) is 27.7 Å². The molecule has 1 aliphatic carbocycles. The first-order valence-corrected chi connectivity index (χ1v) is 7.52. The van der Waals surface area contributed by atoms with Crippen LogP contribution in [0.2, 0.25) is 0 Å². The first-order chi connectivity index (χ1) is 10.2. The molecule has 1 fully saturated rings. The van der Waals surface area contributed by atoms with Crippen LogP contribution in [0.3, 0.4) is 0 Å². The number of hydrogen-bond donors (Lipinski definition) is 1. The van der Waals surface area contributed by atoms with Crippen molar-refractivity contribution in [3.63, 3.8) is 0 Å². The zero-order valence-corrected chi connectivity index (χ0v) is 13.4. The summed E-state index contributed by atoms with van der Waals surface area (Å²) in [5.41, 5.74) is 1.38. The van der Waals surface area contributed by atoms with E-state index in [0.717, 1.165) is 10.9 Å². The van der Waals surface area contributed by atoms with Crippen LogP contribution in [0.15, 0.2) is 30.5 Å². The van der Waals surface area contributed by atoms with E-state index in [1.165, 1.54) is 0 Å². The number of Topliss-reactive ketones (excluding diaryl/α,β-unsaturated/α-hetero) is 1. The number of aliphatic carboxylic acids is 1. The van der Waals surface area contributed by atoms with Crippen molar-refractivity contribution in [1.29, 1.82) is 0 Å². The predicted octanol–water partition coefficient (Wildman–Crippen LogP) is 3.59. The first-order valence-electron chi connectivity index (χ1n) is 7.52. The summed E-state index contributed by atoms with van der Waals surface area (Å²) in [5.74, 6) is -0.814. The van der Waals surface area contributed by atoms with Gasteiger partial charge in [0.2, 0.25) is 0 Å². The molecule has 22 heavy (non-hydrogen) atoms. The van der Waals surface area contributed by atoms with Gasteiger partial charge in [0.25, 0.3) is 0 Å². The molecule has 0 saturated heterocycles. The fourth-order valence-corrected chi connectivity index (χ4v) is 3.73. The standard InChI is InChI=1S/C18H21NO3/c1-17(2)16(18(17,3)4)15(22)12-9-19(10-14(20)21)13-8-6-5-7-11(12)13/h5-9,16H,10H2,1-4H3,(H,20,21). The van der Waals surface area contributed by atoms with E-state index in [1.807, 2.05) is 24.3 Å². The Morgan fingerprint density at radius 1 is 1.14 bits per heavy atom. The second kappa shape index (κ2) is 4.45. The molecule has 1 aromatic heterocycles. The molecule has 0 amide bonds. The smallest absolute Gasteiger partial charge is 0.323 e. The van der Waals surface area contributed by atoms with Crippen molar-refractivity contribution in [2.75, 3.05) is 0 Å². The molecule has 1 aromatic carbocycles. The molecular formula is C18H21NO3. The van der Waals surface area contributed by atoms with Crippen molar-refractivity contribution >= 4 is 22.7 Å². The van der Waals surface area contributed by atoms with Gasteiger partial charge in [0.05, 0.1) is 0 Å². The highest BCUT2D eigenvalue weighted by Crippen LogP contribution is 2.69. The van der Waals surface area contributed by atoms with Crippen molar-refractivity contribution in [3.8, 4) is 0 Å². The van der Waals surface area contributed by atoms with Crippen LogP contribution in [0.4, 0.5) is 0 Å². The quantitative estimate of drug-likeness (QED) is 0.878. The average Bonchev–Trinajstić information content (AvgIpc) is 2.69. The lowest BCUT2D eigenvalue weighted by Crippen LogP contribution is -2.09. The fourth-order valence-electron chi connectivity index (χ4n) is 3.73. The van der Waals surface area contributed by atoms with Crippen molar-refractivity contribution in [3.05, 3.63) is 36.0 Å². The Labute approximate surface area is 129 Å². The number of carbonyl (C=O) groups excluding carboxylic acids is 1. The molecule has 1 N–H and O–H groups in total. The Morgan fingerprint density at radius 2 is 1.73 bits per heavy atom. The van der Waals surface area contributed by atoms with E-state index in [4.69, 9.17) is 5.11 Å². The topological polar surface area (TPSA) is 59.3 Å². The molecule has 1 saturated carbocycles. The molecule has 1 aliphatic rings. The number of hydrogen-bond acceptors (Lipinski definition) is 2. The molecule has 0 bridgehead atoms. The van der Waals surface area contributed by atoms with E-state index in [9.17, 15) is 9.59 Å². The van der Waals surface area contributed by atoms with Crippen LogP contribution < -0.4 is 0 Å². The summed E-state index contributed by atoms with van der Waals surface area (Å²) in [4.78, 5) is 24.0. The van der Waals surface area contributed by atoms with Crippen LogP contribution in [-0.2, 0) is 11.3 Å². The summed E-state index contributed by atoms with van der Waals surface area (Å²) in [6.07, 6.45) is 1.70. The van der Waals surface area contributed by atoms with Crippen LogP contribution in [-0.4, -0.2) is 21.4 Å². The summed E-state index contributed by atoms with van der Waals surface area (Å²) in [5, 5.41) is 9.90. The molecule has 2 aromatic rings. The first kappa shape index (κ1) is 14.8. The van der Waals surface area contributed by atoms with Crippen LogP contribution in [0.5, 0.6) is 0 Å². The lowest BCUT2D eigenvalue weighted by atomic mass is 10.0. The third kappa shape index (κ3) is 1.90. The van der Waals surface area contributed by atoms with Gasteiger partial charge >= 0.3 is 5.97 Å². The average molecular weight is 299 g/mol. The number of nitrogens with zero attached hydrogens (tertiary/aromatic N) is 1. The third-order valence-corrected chi connectivity index (χ3v) is 5.64. The van der Waals surface area contributed by atoms with Crippen LogP contribution in [0, 0.1) is 16.7 Å². The largest absolute Gasteiger partial charge is 0.480 e. The molecule has 1 heterocycles. The third-order valence-electron chi connectivity index (χ3n) is 5.64. The number of aromatic nitrogens is 1. The van der Waals surface area contributed by atoms with Gasteiger partial charge in [-0.2, -0.15) is 0 Å². The van der Waals surface area contributed by atoms with E-state index in [-0.39, 0.29) is 29.1 Å². The lowest BCUT2D eigenvalue weighted by molar-refractivity contribution is -0.137. The van der Waals surface area contributed by atoms with Gasteiger partial charge in [-0.25, -0.2) is 0 Å². The van der Waals surface area contributed by atoms with Gasteiger partial charge in [-0.05, 0) is 16.9 Å². The molecule has 4 heteroatoms. The number of ketones is 1. The van der Waals surface area contributed by atoms with Gasteiger partial charge < -0.3 is 9.67 Å². The van der Waals surface area contributed by atoms with Crippen molar-refractivity contribution < 1.29 is 14.7 Å². The monoisotopic (exact) mass is 299 g/mol. The number of rotatable bonds is 4. The molecule has 0 spiro atoms. The maximum absolute atomic E-state index is 13.0. The predicted molar refractivity (Wildman–Crippen MR) is 85.0 cm³/mol. The number of benzene rings is 1. The molecule has 4 nitrogen and oxygen atoms in total. The molecule has 116 valence electrons. The zero-order valence-electron chi connectivity index (χ0n) is 13.4. The molecule has 0 aliphatic heterocycles. The van der Waals surface area contributed by atoms with Crippen molar-refractivity contribution in [1.82, 2.24) is 4.57 Å². The number of carbonyl (C=O) groups is 2. The fraction of sp³-hybridized carbons (Fsp3) is 0.444. The van der Waals surface area contributed by atoms with E-state index < -0.39 is 5.97 Å². The van der Waals surface area contributed by atoms with Gasteiger partial charge in [0.1, 0.15) is 6.54 Å². The number of carboxylic acids is 1. The Balaban J connectivity index is 2.09. The van der Waals surface area contributed by atoms with Crippen molar-refractivity contribution in [2.45, 2.75) is 34.2 Å². The SMILES string of the molecule is CC1(C)C(C(=O)c2cn(CC(=O)O)c3ccccc23)C1(C)C. The van der Waals surface area contributed by atoms with Gasteiger partial charge in [0, 0.05) is 28.6 Å². The molecule has 0 unspecified atom stereocenters. The normalized spacial score (nSPS) is 19.3. The van der Waals surface area contributed by atoms with Crippen LogP contribution in [0.25, 0.3) is 10.9 Å². The second-order valence-corrected chi connectivity index (χ2v) is 7.32.